The van der Waals surface area contributed by atoms with Crippen LogP contribution < -0.4 is 5.32 Å². The lowest BCUT2D eigenvalue weighted by molar-refractivity contribution is -0.125. The number of rotatable bonds is 7. The fourth-order valence-corrected chi connectivity index (χ4v) is 2.88. The summed E-state index contributed by atoms with van der Waals surface area (Å²) >= 11 is 0. The third-order valence-electron chi connectivity index (χ3n) is 4.92. The Morgan fingerprint density at radius 3 is 2.55 bits per heavy atom. The molecule has 3 aromatic rings. The van der Waals surface area contributed by atoms with Gasteiger partial charge in [0.05, 0.1) is 22.8 Å². The molecule has 1 amide bonds. The first kappa shape index (κ1) is 20.5. The Morgan fingerprint density at radius 1 is 1.17 bits per heavy atom. The van der Waals surface area contributed by atoms with E-state index in [1.807, 2.05) is 58.0 Å². The van der Waals surface area contributed by atoms with Gasteiger partial charge in [-0.2, -0.15) is 5.10 Å². The molecule has 2 aromatic heterocycles. The smallest absolute Gasteiger partial charge is 0.339 e. The number of carbonyl (C=O) groups excluding carboxylic acids is 2. The molecule has 0 bridgehead atoms. The van der Waals surface area contributed by atoms with Gasteiger partial charge >= 0.3 is 5.97 Å². The largest absolute Gasteiger partial charge is 0.452 e. The summed E-state index contributed by atoms with van der Waals surface area (Å²) in [6, 6.07) is 11.3. The number of ether oxygens (including phenoxy) is 1. The Labute approximate surface area is 170 Å². The standard InChI is InChI=1S/C22H26N4O3/c1-5-26-21-18(12-23-26)17(11-19(25-21)16-9-7-6-8-10-16)22(28)29-13-20(27)24-15(4)14(2)3/h6-12,14-15H,5,13H2,1-4H3,(H,24,27). The molecule has 0 saturated carbocycles. The van der Waals surface area contributed by atoms with Crippen LogP contribution in [0.25, 0.3) is 22.3 Å². The van der Waals surface area contributed by atoms with Crippen molar-refractivity contribution in [3.63, 3.8) is 0 Å². The molecule has 3 rings (SSSR count). The summed E-state index contributed by atoms with van der Waals surface area (Å²) in [5, 5.41) is 7.75. The minimum absolute atomic E-state index is 0.00121. The van der Waals surface area contributed by atoms with E-state index in [9.17, 15) is 9.59 Å². The highest BCUT2D eigenvalue weighted by molar-refractivity contribution is 6.04. The summed E-state index contributed by atoms with van der Waals surface area (Å²) in [7, 11) is 0. The van der Waals surface area contributed by atoms with Gasteiger partial charge < -0.3 is 10.1 Å². The Hall–Kier alpha value is -3.22. The monoisotopic (exact) mass is 394 g/mol. The number of pyridine rings is 1. The first-order valence-electron chi connectivity index (χ1n) is 9.79. The maximum absolute atomic E-state index is 12.8. The van der Waals surface area contributed by atoms with Crippen molar-refractivity contribution < 1.29 is 14.3 Å². The minimum Gasteiger partial charge on any atom is -0.452 e. The third kappa shape index (κ3) is 4.62. The van der Waals surface area contributed by atoms with E-state index in [2.05, 4.69) is 15.4 Å². The van der Waals surface area contributed by atoms with Gasteiger partial charge in [0.1, 0.15) is 0 Å². The number of nitrogens with one attached hydrogen (secondary N) is 1. The molecule has 0 aliphatic carbocycles. The first-order chi connectivity index (χ1) is 13.9. The van der Waals surface area contributed by atoms with Gasteiger partial charge in [-0.3, -0.25) is 4.79 Å². The Bertz CT molecular complexity index is 1010. The number of amides is 1. The van der Waals surface area contributed by atoms with E-state index in [1.165, 1.54) is 0 Å². The summed E-state index contributed by atoms with van der Waals surface area (Å²) in [5.41, 5.74) is 2.49. The highest BCUT2D eigenvalue weighted by Gasteiger charge is 2.20. The lowest BCUT2D eigenvalue weighted by Gasteiger charge is -2.17. The van der Waals surface area contributed by atoms with Crippen molar-refractivity contribution >= 4 is 22.9 Å². The molecule has 0 fully saturated rings. The lowest BCUT2D eigenvalue weighted by atomic mass is 10.1. The van der Waals surface area contributed by atoms with Crippen molar-refractivity contribution in [1.29, 1.82) is 0 Å². The Balaban J connectivity index is 1.88. The molecule has 2 heterocycles. The van der Waals surface area contributed by atoms with Crippen LogP contribution in [0.15, 0.2) is 42.6 Å². The summed E-state index contributed by atoms with van der Waals surface area (Å²) in [4.78, 5) is 29.6. The van der Waals surface area contributed by atoms with E-state index < -0.39 is 5.97 Å². The molecule has 0 aliphatic rings. The molecule has 1 aromatic carbocycles. The predicted molar refractivity (Wildman–Crippen MR) is 111 cm³/mol. The van der Waals surface area contributed by atoms with Crippen LogP contribution in [0, 0.1) is 5.92 Å². The van der Waals surface area contributed by atoms with Gasteiger partial charge in [0, 0.05) is 18.2 Å². The van der Waals surface area contributed by atoms with Crippen LogP contribution >= 0.6 is 0 Å². The average Bonchev–Trinajstić information content (AvgIpc) is 3.14. The average molecular weight is 394 g/mol. The van der Waals surface area contributed by atoms with Crippen molar-refractivity contribution in [2.45, 2.75) is 40.3 Å². The molecule has 0 spiro atoms. The van der Waals surface area contributed by atoms with Crippen LogP contribution in [-0.4, -0.2) is 39.3 Å². The van der Waals surface area contributed by atoms with Crippen molar-refractivity contribution in [3.05, 3.63) is 48.2 Å². The molecule has 0 aliphatic heterocycles. The molecule has 1 atom stereocenters. The molecular weight excluding hydrogens is 368 g/mol. The number of carbonyl (C=O) groups is 2. The zero-order chi connectivity index (χ0) is 21.0. The van der Waals surface area contributed by atoms with Gasteiger partial charge in [0.2, 0.25) is 0 Å². The molecule has 7 heteroatoms. The fourth-order valence-electron chi connectivity index (χ4n) is 2.88. The second-order valence-corrected chi connectivity index (χ2v) is 7.30. The van der Waals surface area contributed by atoms with Gasteiger partial charge in [0.25, 0.3) is 5.91 Å². The van der Waals surface area contributed by atoms with E-state index in [4.69, 9.17) is 4.74 Å². The van der Waals surface area contributed by atoms with E-state index in [-0.39, 0.29) is 18.6 Å². The number of hydrogen-bond acceptors (Lipinski definition) is 5. The first-order valence-corrected chi connectivity index (χ1v) is 9.79. The molecule has 152 valence electrons. The molecule has 0 radical (unpaired) electrons. The molecule has 1 unspecified atom stereocenters. The van der Waals surface area contributed by atoms with Gasteiger partial charge in [0.15, 0.2) is 12.3 Å². The minimum atomic E-state index is -0.572. The number of fused-ring (bicyclic) bond motifs is 1. The van der Waals surface area contributed by atoms with Crippen molar-refractivity contribution in [1.82, 2.24) is 20.1 Å². The lowest BCUT2D eigenvalue weighted by Crippen LogP contribution is -2.38. The van der Waals surface area contributed by atoms with Gasteiger partial charge in [-0.25, -0.2) is 14.5 Å². The number of benzene rings is 1. The highest BCUT2D eigenvalue weighted by Crippen LogP contribution is 2.25. The SMILES string of the molecule is CCn1ncc2c(C(=O)OCC(=O)NC(C)C(C)C)cc(-c3ccccc3)nc21. The summed E-state index contributed by atoms with van der Waals surface area (Å²) in [5.74, 6) is -0.599. The van der Waals surface area contributed by atoms with Crippen LogP contribution in [0.2, 0.25) is 0 Å². The fraction of sp³-hybridized carbons (Fsp3) is 0.364. The second-order valence-electron chi connectivity index (χ2n) is 7.30. The molecule has 0 saturated heterocycles. The van der Waals surface area contributed by atoms with E-state index in [0.717, 1.165) is 5.56 Å². The number of nitrogens with zero attached hydrogens (tertiary/aromatic N) is 3. The van der Waals surface area contributed by atoms with E-state index in [1.54, 1.807) is 16.9 Å². The predicted octanol–water partition coefficient (Wildman–Crippen LogP) is 3.44. The normalized spacial score (nSPS) is 12.2. The number of esters is 1. The second kappa shape index (κ2) is 8.86. The summed E-state index contributed by atoms with van der Waals surface area (Å²) in [6.07, 6.45) is 1.61. The molecule has 7 nitrogen and oxygen atoms in total. The number of aryl methyl sites for hydroxylation is 1. The zero-order valence-corrected chi connectivity index (χ0v) is 17.2. The van der Waals surface area contributed by atoms with Crippen molar-refractivity contribution in [2.75, 3.05) is 6.61 Å². The van der Waals surface area contributed by atoms with Crippen molar-refractivity contribution in [2.24, 2.45) is 5.92 Å². The number of hydrogen-bond donors (Lipinski definition) is 1. The maximum atomic E-state index is 12.8. The molecule has 29 heavy (non-hydrogen) atoms. The third-order valence-corrected chi connectivity index (χ3v) is 4.92. The Kier molecular flexibility index (Phi) is 6.26. The van der Waals surface area contributed by atoms with Crippen LogP contribution in [0.1, 0.15) is 38.1 Å². The molecular formula is C22H26N4O3. The topological polar surface area (TPSA) is 86.1 Å². The van der Waals surface area contributed by atoms with Gasteiger partial charge in [-0.1, -0.05) is 44.2 Å². The summed E-state index contributed by atoms with van der Waals surface area (Å²) < 4.78 is 7.03. The van der Waals surface area contributed by atoms with E-state index >= 15 is 0 Å². The van der Waals surface area contributed by atoms with Crippen LogP contribution in [0.5, 0.6) is 0 Å². The van der Waals surface area contributed by atoms with Crippen LogP contribution in [0.3, 0.4) is 0 Å². The van der Waals surface area contributed by atoms with Crippen LogP contribution in [0.4, 0.5) is 0 Å². The van der Waals surface area contributed by atoms with Gasteiger partial charge in [-0.05, 0) is 25.8 Å². The summed E-state index contributed by atoms with van der Waals surface area (Å²) in [6.45, 7) is 8.20. The molecule has 1 N–H and O–H groups in total. The Morgan fingerprint density at radius 2 is 1.90 bits per heavy atom. The maximum Gasteiger partial charge on any atom is 0.339 e. The van der Waals surface area contributed by atoms with Crippen molar-refractivity contribution in [3.8, 4) is 11.3 Å². The van der Waals surface area contributed by atoms with Crippen LogP contribution in [-0.2, 0) is 16.1 Å². The highest BCUT2D eigenvalue weighted by atomic mass is 16.5. The van der Waals surface area contributed by atoms with Gasteiger partial charge in [-0.15, -0.1) is 0 Å². The zero-order valence-electron chi connectivity index (χ0n) is 17.2. The quantitative estimate of drug-likeness (QED) is 0.621. The van der Waals surface area contributed by atoms with E-state index in [0.29, 0.717) is 34.8 Å². The number of aromatic nitrogens is 3.